The average Bonchev–Trinajstić information content (AvgIpc) is 3.09. The largest absolute Gasteiger partial charge is 0.368 e. The number of hydroxylamine groups is 2. The van der Waals surface area contributed by atoms with Gasteiger partial charge in [0.25, 0.3) is 11.8 Å². The summed E-state index contributed by atoms with van der Waals surface area (Å²) in [5.74, 6) is -2.44. The number of aryl methyl sites for hydroxylation is 1. The molecule has 2 fully saturated rings. The second kappa shape index (κ2) is 5.98. The van der Waals surface area contributed by atoms with Crippen LogP contribution in [0.4, 0.5) is 10.1 Å². The van der Waals surface area contributed by atoms with Crippen molar-refractivity contribution in [1.29, 1.82) is 0 Å². The molecule has 2 aliphatic heterocycles. The van der Waals surface area contributed by atoms with E-state index in [2.05, 4.69) is 0 Å². The molecule has 7 heteroatoms. The number of rotatable bonds is 3. The van der Waals surface area contributed by atoms with Gasteiger partial charge in [-0.1, -0.05) is 6.07 Å². The molecule has 122 valence electrons. The normalized spacial score (nSPS) is 21.2. The van der Waals surface area contributed by atoms with Crippen molar-refractivity contribution in [3.05, 3.63) is 29.6 Å². The first-order valence-electron chi connectivity index (χ1n) is 7.54. The first-order chi connectivity index (χ1) is 11.0. The zero-order chi connectivity index (χ0) is 16.6. The van der Waals surface area contributed by atoms with Crippen LogP contribution in [0.2, 0.25) is 0 Å². The zero-order valence-electron chi connectivity index (χ0n) is 12.8. The molecular formula is C16H17FN2O4. The van der Waals surface area contributed by atoms with Crippen molar-refractivity contribution < 1.29 is 23.6 Å². The fourth-order valence-electron chi connectivity index (χ4n) is 2.86. The monoisotopic (exact) mass is 320 g/mol. The number of hydrogen-bond acceptors (Lipinski definition) is 5. The molecule has 23 heavy (non-hydrogen) atoms. The summed E-state index contributed by atoms with van der Waals surface area (Å²) in [7, 11) is 0. The van der Waals surface area contributed by atoms with Crippen molar-refractivity contribution in [2.75, 3.05) is 18.0 Å². The Bertz CT molecular complexity index is 660. The molecule has 2 saturated heterocycles. The van der Waals surface area contributed by atoms with Crippen molar-refractivity contribution in [2.45, 2.75) is 26.2 Å². The van der Waals surface area contributed by atoms with Gasteiger partial charge < -0.3 is 9.74 Å². The highest BCUT2D eigenvalue weighted by atomic mass is 19.1. The first-order valence-corrected chi connectivity index (χ1v) is 7.54. The number of halogens is 1. The molecule has 1 aromatic carbocycles. The molecule has 0 bridgehead atoms. The van der Waals surface area contributed by atoms with Crippen LogP contribution in [0, 0.1) is 18.7 Å². The molecule has 1 atom stereocenters. The van der Waals surface area contributed by atoms with E-state index in [9.17, 15) is 18.8 Å². The fourth-order valence-corrected chi connectivity index (χ4v) is 2.86. The predicted octanol–water partition coefficient (Wildman–Crippen LogP) is 1.57. The van der Waals surface area contributed by atoms with Gasteiger partial charge in [-0.3, -0.25) is 9.59 Å². The van der Waals surface area contributed by atoms with E-state index in [1.165, 1.54) is 6.07 Å². The number of carbonyl (C=O) groups excluding carboxylic acids is 3. The minimum atomic E-state index is -0.622. The third kappa shape index (κ3) is 3.04. The number of benzene rings is 1. The Morgan fingerprint density at radius 2 is 1.96 bits per heavy atom. The number of nitrogens with zero attached hydrogens (tertiary/aromatic N) is 2. The molecule has 0 spiro atoms. The van der Waals surface area contributed by atoms with Crippen molar-refractivity contribution >= 4 is 23.5 Å². The van der Waals surface area contributed by atoms with Crippen molar-refractivity contribution in [1.82, 2.24) is 5.06 Å². The SMILES string of the molecule is Cc1ccc(N2CC[C@H](C(=O)ON3C(=O)CCC3=O)C2)c(F)c1. The lowest BCUT2D eigenvalue weighted by atomic mass is 10.1. The lowest BCUT2D eigenvalue weighted by Crippen LogP contribution is -2.35. The minimum absolute atomic E-state index is 0.0669. The lowest BCUT2D eigenvalue weighted by Gasteiger charge is -2.20. The molecule has 0 aromatic heterocycles. The van der Waals surface area contributed by atoms with Crippen LogP contribution < -0.4 is 4.90 Å². The van der Waals surface area contributed by atoms with Crippen LogP contribution in [-0.2, 0) is 19.2 Å². The van der Waals surface area contributed by atoms with Gasteiger partial charge in [0, 0.05) is 25.9 Å². The maximum Gasteiger partial charge on any atom is 0.338 e. The molecule has 0 aliphatic carbocycles. The predicted molar refractivity (Wildman–Crippen MR) is 78.6 cm³/mol. The van der Waals surface area contributed by atoms with Crippen LogP contribution in [0.25, 0.3) is 0 Å². The Morgan fingerprint density at radius 1 is 1.26 bits per heavy atom. The lowest BCUT2D eigenvalue weighted by molar-refractivity contribution is -0.200. The highest BCUT2D eigenvalue weighted by molar-refractivity contribution is 6.01. The van der Waals surface area contributed by atoms with Crippen LogP contribution >= 0.6 is 0 Å². The van der Waals surface area contributed by atoms with Gasteiger partial charge in [0.05, 0.1) is 11.6 Å². The van der Waals surface area contributed by atoms with Gasteiger partial charge in [-0.25, -0.2) is 9.18 Å². The van der Waals surface area contributed by atoms with E-state index in [0.717, 1.165) is 5.56 Å². The summed E-state index contributed by atoms with van der Waals surface area (Å²) in [6, 6.07) is 4.94. The molecule has 6 nitrogen and oxygen atoms in total. The van der Waals surface area contributed by atoms with Gasteiger partial charge in [-0.05, 0) is 31.0 Å². The third-order valence-electron chi connectivity index (χ3n) is 4.15. The van der Waals surface area contributed by atoms with E-state index in [0.29, 0.717) is 30.3 Å². The first kappa shape index (κ1) is 15.5. The van der Waals surface area contributed by atoms with E-state index < -0.39 is 23.7 Å². The summed E-state index contributed by atoms with van der Waals surface area (Å²) in [5.41, 5.74) is 1.27. The molecule has 0 unspecified atom stereocenters. The summed E-state index contributed by atoms with van der Waals surface area (Å²) >= 11 is 0. The van der Waals surface area contributed by atoms with Gasteiger partial charge in [-0.15, -0.1) is 5.06 Å². The fraction of sp³-hybridized carbons (Fsp3) is 0.438. The molecule has 3 rings (SSSR count). The van der Waals surface area contributed by atoms with E-state index >= 15 is 0 Å². The maximum absolute atomic E-state index is 14.0. The molecule has 0 N–H and O–H groups in total. The van der Waals surface area contributed by atoms with Gasteiger partial charge in [-0.2, -0.15) is 0 Å². The Hall–Kier alpha value is -2.44. The summed E-state index contributed by atoms with van der Waals surface area (Å²) in [5, 5.41) is 0.553. The second-order valence-electron chi connectivity index (χ2n) is 5.88. The smallest absolute Gasteiger partial charge is 0.338 e. The van der Waals surface area contributed by atoms with Gasteiger partial charge >= 0.3 is 5.97 Å². The summed E-state index contributed by atoms with van der Waals surface area (Å²) < 4.78 is 14.0. The number of carbonyl (C=O) groups is 3. The highest BCUT2D eigenvalue weighted by Crippen LogP contribution is 2.28. The number of amides is 2. The Labute approximate surface area is 132 Å². The van der Waals surface area contributed by atoms with E-state index in [1.807, 2.05) is 6.07 Å². The van der Waals surface area contributed by atoms with Gasteiger partial charge in [0.2, 0.25) is 0 Å². The molecule has 2 amide bonds. The second-order valence-corrected chi connectivity index (χ2v) is 5.88. The quantitative estimate of drug-likeness (QED) is 0.791. The summed E-state index contributed by atoms with van der Waals surface area (Å²) in [4.78, 5) is 41.8. The Balaban J connectivity index is 1.64. The van der Waals surface area contributed by atoms with Crippen LogP contribution in [0.5, 0.6) is 0 Å². The minimum Gasteiger partial charge on any atom is -0.368 e. The average molecular weight is 320 g/mol. The van der Waals surface area contributed by atoms with E-state index in [4.69, 9.17) is 4.84 Å². The van der Waals surface area contributed by atoms with Crippen LogP contribution in [0.1, 0.15) is 24.8 Å². The Kier molecular flexibility index (Phi) is 4.02. The number of imide groups is 1. The van der Waals surface area contributed by atoms with Crippen molar-refractivity contribution in [3.63, 3.8) is 0 Å². The van der Waals surface area contributed by atoms with Gasteiger partial charge in [0.1, 0.15) is 5.82 Å². The topological polar surface area (TPSA) is 66.9 Å². The third-order valence-corrected chi connectivity index (χ3v) is 4.15. The van der Waals surface area contributed by atoms with Crippen molar-refractivity contribution in [2.24, 2.45) is 5.92 Å². The van der Waals surface area contributed by atoms with E-state index in [1.54, 1.807) is 17.9 Å². The highest BCUT2D eigenvalue weighted by Gasteiger charge is 2.37. The van der Waals surface area contributed by atoms with Crippen LogP contribution in [-0.4, -0.2) is 35.9 Å². The van der Waals surface area contributed by atoms with Crippen LogP contribution in [0.3, 0.4) is 0 Å². The standard InChI is InChI=1S/C16H17FN2O4/c1-10-2-3-13(12(17)8-10)18-7-6-11(9-18)16(22)23-19-14(20)4-5-15(19)21/h2-3,8,11H,4-7,9H2,1H3/t11-/m0/s1. The Morgan fingerprint density at radius 3 is 2.61 bits per heavy atom. The molecule has 1 aromatic rings. The van der Waals surface area contributed by atoms with Gasteiger partial charge in [0.15, 0.2) is 0 Å². The molecule has 0 radical (unpaired) electrons. The maximum atomic E-state index is 14.0. The molecule has 2 aliphatic rings. The number of hydrogen-bond donors (Lipinski definition) is 0. The molecular weight excluding hydrogens is 303 g/mol. The molecule has 0 saturated carbocycles. The zero-order valence-corrected chi connectivity index (χ0v) is 12.8. The number of anilines is 1. The van der Waals surface area contributed by atoms with E-state index in [-0.39, 0.29) is 18.7 Å². The summed E-state index contributed by atoms with van der Waals surface area (Å²) in [6.07, 6.45) is 0.622. The van der Waals surface area contributed by atoms with Crippen LogP contribution in [0.15, 0.2) is 18.2 Å². The van der Waals surface area contributed by atoms with Crippen molar-refractivity contribution in [3.8, 4) is 0 Å². The molecule has 2 heterocycles. The summed E-state index contributed by atoms with van der Waals surface area (Å²) in [6.45, 7) is 2.62.